The number of hydrazine groups is 1. The summed E-state index contributed by atoms with van der Waals surface area (Å²) in [4.78, 5) is 104. The molecule has 0 spiro atoms. The molecule has 6 amide bonds. The molecule has 14 rings (SSSR count). The van der Waals surface area contributed by atoms with E-state index in [9.17, 15) is 9.59 Å². The number of hydrogen-bond acceptors (Lipinski definition) is 20. The Bertz CT molecular complexity index is 3610. The molecule has 6 aromatic rings. The number of carbonyl (C=O) groups excluding carboxylic acids is 4. The van der Waals surface area contributed by atoms with Crippen molar-refractivity contribution < 1.29 is 38.1 Å². The SMILES string of the molecule is CC1COCCN1c1nc(-c2ccc(N(C(=O)Nc3ccc(C(=O)N4CCNCC4)cc3)N(C(=O)Nc3ccc(C(=O)N4CCC(N(C)C)C4)cc3)c3ccc(-c4nc(N5CC6CCC(C5)O6)nc(N5CCOCC5C)n4)cc3)cc2)nc(N2CC3CCC(C2)O3)n1. The summed E-state index contributed by atoms with van der Waals surface area (Å²) in [5.41, 5.74) is 3.61. The second kappa shape index (κ2) is 26.5. The van der Waals surface area contributed by atoms with E-state index in [2.05, 4.69) is 54.3 Å². The van der Waals surface area contributed by atoms with Crippen LogP contribution in [0.15, 0.2) is 97.1 Å². The highest BCUT2D eigenvalue weighted by atomic mass is 16.5. The van der Waals surface area contributed by atoms with Gasteiger partial charge in [-0.1, -0.05) is 0 Å². The van der Waals surface area contributed by atoms with Crippen molar-refractivity contribution in [2.45, 2.75) is 88.5 Å². The van der Waals surface area contributed by atoms with Crippen LogP contribution in [-0.2, 0) is 18.9 Å². The maximum Gasteiger partial charge on any atom is 0.345 e. The number of likely N-dealkylation sites (N-methyl/N-ethyl adjacent to an activating group) is 1. The van der Waals surface area contributed by atoms with Gasteiger partial charge < -0.3 is 69.2 Å². The van der Waals surface area contributed by atoms with E-state index < -0.39 is 12.1 Å². The predicted molar refractivity (Wildman–Crippen MR) is 349 cm³/mol. The second-order valence-corrected chi connectivity index (χ2v) is 25.4. The van der Waals surface area contributed by atoms with E-state index >= 15 is 9.59 Å². The summed E-state index contributed by atoms with van der Waals surface area (Å²) in [5.74, 6) is 2.86. The molecule has 8 aliphatic rings. The summed E-state index contributed by atoms with van der Waals surface area (Å²) < 4.78 is 24.1. The van der Waals surface area contributed by atoms with Crippen LogP contribution in [0.5, 0.6) is 0 Å². The minimum Gasteiger partial charge on any atom is -0.377 e. The highest BCUT2D eigenvalue weighted by Crippen LogP contribution is 2.36. The number of piperazine rings is 1. The lowest BCUT2D eigenvalue weighted by Gasteiger charge is -2.35. The van der Waals surface area contributed by atoms with Gasteiger partial charge in [0.2, 0.25) is 23.8 Å². The Hall–Kier alpha value is -8.66. The molecule has 10 heterocycles. The average molecular weight is 1250 g/mol. The zero-order valence-electron chi connectivity index (χ0n) is 52.6. The lowest BCUT2D eigenvalue weighted by atomic mass is 10.1. The molecule has 482 valence electrons. The first-order chi connectivity index (χ1) is 44.8. The third-order valence-electron chi connectivity index (χ3n) is 18.8. The number of amides is 6. The molecule has 8 fully saturated rings. The van der Waals surface area contributed by atoms with Gasteiger partial charge in [0.1, 0.15) is 0 Å². The molecule has 0 aliphatic carbocycles. The maximum atomic E-state index is 15.7. The van der Waals surface area contributed by atoms with Gasteiger partial charge in [0.05, 0.1) is 74.3 Å². The molecule has 0 radical (unpaired) electrons. The molecule has 26 nitrogen and oxygen atoms in total. The summed E-state index contributed by atoms with van der Waals surface area (Å²) in [6.07, 6.45) is 5.17. The van der Waals surface area contributed by atoms with Crippen LogP contribution in [-0.4, -0.2) is 230 Å². The number of morpholine rings is 4. The van der Waals surface area contributed by atoms with Gasteiger partial charge in [0.25, 0.3) is 11.8 Å². The number of anilines is 8. The summed E-state index contributed by atoms with van der Waals surface area (Å²) in [6.45, 7) is 14.0. The van der Waals surface area contributed by atoms with E-state index in [-0.39, 0.29) is 54.4 Å². The first-order valence-corrected chi connectivity index (χ1v) is 32.4. The van der Waals surface area contributed by atoms with Crippen LogP contribution in [0.3, 0.4) is 0 Å². The summed E-state index contributed by atoms with van der Waals surface area (Å²) >= 11 is 0. The molecule has 3 N–H and O–H groups in total. The predicted octanol–water partition coefficient (Wildman–Crippen LogP) is 6.09. The Balaban J connectivity index is 0.843. The Morgan fingerprint density at radius 3 is 1.29 bits per heavy atom. The van der Waals surface area contributed by atoms with Crippen LogP contribution < -0.4 is 45.6 Å². The number of carbonyl (C=O) groups is 4. The van der Waals surface area contributed by atoms with Gasteiger partial charge in [-0.15, -0.1) is 0 Å². The molecule has 7 atom stereocenters. The van der Waals surface area contributed by atoms with Gasteiger partial charge in [-0.25, -0.2) is 9.59 Å². The molecule has 4 bridgehead atoms. The Kier molecular flexibility index (Phi) is 17.5. The van der Waals surface area contributed by atoms with Crippen LogP contribution in [0.2, 0.25) is 0 Å². The van der Waals surface area contributed by atoms with Crippen molar-refractivity contribution in [1.29, 1.82) is 0 Å². The van der Waals surface area contributed by atoms with Crippen molar-refractivity contribution in [2.75, 3.05) is 159 Å². The lowest BCUT2D eigenvalue weighted by Crippen LogP contribution is -2.54. The summed E-state index contributed by atoms with van der Waals surface area (Å²) in [7, 11) is 4.05. The zero-order valence-corrected chi connectivity index (χ0v) is 52.6. The fourth-order valence-corrected chi connectivity index (χ4v) is 13.6. The number of rotatable bonds is 13. The van der Waals surface area contributed by atoms with Crippen molar-refractivity contribution in [3.8, 4) is 22.8 Å². The van der Waals surface area contributed by atoms with Crippen molar-refractivity contribution in [1.82, 2.24) is 49.9 Å². The largest absolute Gasteiger partial charge is 0.377 e. The molecule has 4 aromatic carbocycles. The second-order valence-electron chi connectivity index (χ2n) is 25.4. The average Bonchev–Trinajstić information content (AvgIpc) is 1.19. The number of aromatic nitrogens is 6. The number of ether oxygens (including phenoxy) is 4. The third kappa shape index (κ3) is 13.1. The van der Waals surface area contributed by atoms with Crippen molar-refractivity contribution in [2.24, 2.45) is 0 Å². The van der Waals surface area contributed by atoms with Crippen molar-refractivity contribution in [3.05, 3.63) is 108 Å². The number of nitrogens with zero attached hydrogens (tertiary/aromatic N) is 15. The highest BCUT2D eigenvalue weighted by molar-refractivity contribution is 6.13. The molecule has 0 saturated carbocycles. The quantitative estimate of drug-likeness (QED) is 0.111. The smallest absolute Gasteiger partial charge is 0.345 e. The fraction of sp³-hybridized carbons (Fsp3) is 0.485. The minimum absolute atomic E-state index is 0.0139. The van der Waals surface area contributed by atoms with Gasteiger partial charge in [0, 0.05) is 118 Å². The molecular formula is C66H80N18O8. The Morgan fingerprint density at radius 2 is 0.891 bits per heavy atom. The number of benzene rings is 4. The van der Waals surface area contributed by atoms with Crippen LogP contribution in [0.25, 0.3) is 22.8 Å². The molecule has 92 heavy (non-hydrogen) atoms. The van der Waals surface area contributed by atoms with Crippen molar-refractivity contribution >= 4 is 70.4 Å². The van der Waals surface area contributed by atoms with Gasteiger partial charge in [0.15, 0.2) is 11.6 Å². The van der Waals surface area contributed by atoms with Gasteiger partial charge >= 0.3 is 12.1 Å². The fourth-order valence-electron chi connectivity index (χ4n) is 13.6. The van der Waals surface area contributed by atoms with Crippen LogP contribution in [0, 0.1) is 0 Å². The van der Waals surface area contributed by atoms with E-state index in [0.29, 0.717) is 185 Å². The molecule has 26 heteroatoms. The first kappa shape index (κ1) is 60.9. The molecule has 7 unspecified atom stereocenters. The normalized spacial score (nSPS) is 23.9. The standard InChI is InChI=1S/C66H80N18O8/c1-42-40-89-33-31-81(42)63-72-57(70-61(74-63)79-36-53-21-22-54(37-79)91-53)44-9-17-50(18-10-44)83(65(87)68-48-13-5-46(6-14-48)59(85)77-29-26-67-27-30-77)84(66(88)69-49-15-7-47(8-16-49)60(86)78-28-25-52(35-78)76(3)4)51-19-11-45(12-20-51)58-71-62(80-38-55-23-24-56(39-80)92-55)75-64(73-58)82-32-34-90-41-43(82)2/h5-20,42-43,52-56,67H,21-41H2,1-4H3,(H,68,87)(H,69,88). The van der Waals surface area contributed by atoms with E-state index in [1.54, 1.807) is 77.7 Å². The molecule has 8 aliphatic heterocycles. The van der Waals surface area contributed by atoms with E-state index in [1.165, 1.54) is 10.0 Å². The van der Waals surface area contributed by atoms with Crippen LogP contribution >= 0.6 is 0 Å². The van der Waals surface area contributed by atoms with Gasteiger partial charge in [-0.2, -0.15) is 39.9 Å². The molecular weight excluding hydrogens is 1170 g/mol. The van der Waals surface area contributed by atoms with Crippen molar-refractivity contribution in [3.63, 3.8) is 0 Å². The zero-order chi connectivity index (χ0) is 63.0. The monoisotopic (exact) mass is 1250 g/mol. The Morgan fingerprint density at radius 1 is 0.478 bits per heavy atom. The summed E-state index contributed by atoms with van der Waals surface area (Å²) in [6, 6.07) is 26.8. The highest BCUT2D eigenvalue weighted by Gasteiger charge is 2.39. The van der Waals surface area contributed by atoms with Crippen LogP contribution in [0.1, 0.15) is 66.7 Å². The number of hydrogen-bond donors (Lipinski definition) is 3. The topological polar surface area (TPSA) is 248 Å². The summed E-state index contributed by atoms with van der Waals surface area (Å²) in [5, 5.41) is 12.0. The number of nitrogens with one attached hydrogen (secondary N) is 3. The maximum absolute atomic E-state index is 15.7. The Labute approximate surface area is 535 Å². The van der Waals surface area contributed by atoms with Gasteiger partial charge in [-0.05, 0) is 157 Å². The number of fused-ring (bicyclic) bond motifs is 4. The van der Waals surface area contributed by atoms with E-state index in [1.807, 2.05) is 43.3 Å². The third-order valence-corrected chi connectivity index (χ3v) is 18.8. The number of urea groups is 2. The van der Waals surface area contributed by atoms with E-state index in [0.717, 1.165) is 32.1 Å². The molecule has 8 saturated heterocycles. The number of likely N-dealkylation sites (tertiary alicyclic amines) is 1. The van der Waals surface area contributed by atoms with E-state index in [4.69, 9.17) is 48.9 Å². The van der Waals surface area contributed by atoms with Crippen LogP contribution in [0.4, 0.5) is 56.1 Å². The van der Waals surface area contributed by atoms with Gasteiger partial charge in [-0.3, -0.25) is 9.59 Å². The minimum atomic E-state index is -0.709. The lowest BCUT2D eigenvalue weighted by molar-refractivity contribution is 0.0297. The molecule has 2 aromatic heterocycles. The first-order valence-electron chi connectivity index (χ1n) is 32.4.